The number of nitrogens with zero attached hydrogens (tertiary/aromatic N) is 3. The summed E-state index contributed by atoms with van der Waals surface area (Å²) >= 11 is 6.42. The van der Waals surface area contributed by atoms with E-state index in [4.69, 9.17) is 16.3 Å². The molecule has 1 atom stereocenters. The lowest BCUT2D eigenvalue weighted by Gasteiger charge is -2.22. The van der Waals surface area contributed by atoms with Crippen molar-refractivity contribution in [3.05, 3.63) is 58.4 Å². The summed E-state index contributed by atoms with van der Waals surface area (Å²) in [6.07, 6.45) is 3.09. The van der Waals surface area contributed by atoms with E-state index >= 15 is 0 Å². The first-order valence-corrected chi connectivity index (χ1v) is 11.9. The predicted octanol–water partition coefficient (Wildman–Crippen LogP) is 2.10. The molecular weight excluding hydrogens is 442 g/mol. The Labute approximate surface area is 186 Å². The SMILES string of the molecule is Cc1nn(Cc2ccccc2)c(Cl)c1/C=C/C(=O)OCC(=O)N(C)C1CCS(=O)(=O)C1. The second-order valence-corrected chi connectivity index (χ2v) is 10.0. The van der Waals surface area contributed by atoms with Crippen molar-refractivity contribution < 1.29 is 22.7 Å². The molecule has 8 nitrogen and oxygen atoms in total. The number of likely N-dealkylation sites (N-methyl/N-ethyl adjacent to an activating group) is 1. The predicted molar refractivity (Wildman–Crippen MR) is 117 cm³/mol. The number of benzene rings is 1. The maximum atomic E-state index is 12.2. The summed E-state index contributed by atoms with van der Waals surface area (Å²) in [6.45, 7) is 1.82. The number of carbonyl (C=O) groups is 2. The van der Waals surface area contributed by atoms with E-state index in [9.17, 15) is 18.0 Å². The van der Waals surface area contributed by atoms with Crippen LogP contribution in [0.2, 0.25) is 5.15 Å². The van der Waals surface area contributed by atoms with E-state index in [2.05, 4.69) is 5.10 Å². The average Bonchev–Trinajstić information content (AvgIpc) is 3.23. The second-order valence-electron chi connectivity index (χ2n) is 7.44. The Morgan fingerprint density at radius 1 is 1.32 bits per heavy atom. The van der Waals surface area contributed by atoms with E-state index in [1.54, 1.807) is 11.6 Å². The van der Waals surface area contributed by atoms with Gasteiger partial charge in [-0.3, -0.25) is 4.79 Å². The van der Waals surface area contributed by atoms with Crippen LogP contribution in [0, 0.1) is 6.92 Å². The molecule has 1 fully saturated rings. The van der Waals surface area contributed by atoms with Gasteiger partial charge in [0.25, 0.3) is 5.91 Å². The van der Waals surface area contributed by atoms with Crippen molar-refractivity contribution in [1.29, 1.82) is 0 Å². The molecule has 1 aromatic carbocycles. The number of amides is 1. The van der Waals surface area contributed by atoms with Gasteiger partial charge in [0, 0.05) is 24.7 Å². The molecule has 10 heteroatoms. The molecule has 0 aliphatic carbocycles. The molecule has 1 saturated heterocycles. The molecule has 0 radical (unpaired) electrons. The molecule has 1 aliphatic rings. The van der Waals surface area contributed by atoms with Crippen molar-refractivity contribution in [2.75, 3.05) is 25.2 Å². The highest BCUT2D eigenvalue weighted by atomic mass is 35.5. The first kappa shape index (κ1) is 23.0. The lowest BCUT2D eigenvalue weighted by atomic mass is 10.2. The van der Waals surface area contributed by atoms with Crippen molar-refractivity contribution in [3.63, 3.8) is 0 Å². The third kappa shape index (κ3) is 5.95. The molecule has 0 spiro atoms. The third-order valence-electron chi connectivity index (χ3n) is 5.16. The van der Waals surface area contributed by atoms with E-state index in [0.717, 1.165) is 5.56 Å². The van der Waals surface area contributed by atoms with Crippen molar-refractivity contribution in [3.8, 4) is 0 Å². The number of aromatic nitrogens is 2. The van der Waals surface area contributed by atoms with Gasteiger partial charge >= 0.3 is 5.97 Å². The number of ether oxygens (including phenoxy) is 1. The molecule has 1 aromatic heterocycles. The minimum Gasteiger partial charge on any atom is -0.452 e. The average molecular weight is 466 g/mol. The van der Waals surface area contributed by atoms with Gasteiger partial charge in [-0.15, -0.1) is 0 Å². The summed E-state index contributed by atoms with van der Waals surface area (Å²) in [4.78, 5) is 25.6. The first-order chi connectivity index (χ1) is 14.7. The Kier molecular flexibility index (Phi) is 7.17. The molecule has 2 aromatic rings. The Bertz CT molecular complexity index is 1100. The smallest absolute Gasteiger partial charge is 0.331 e. The molecule has 0 N–H and O–H groups in total. The van der Waals surface area contributed by atoms with E-state index in [-0.39, 0.29) is 17.5 Å². The van der Waals surface area contributed by atoms with E-state index in [0.29, 0.717) is 29.4 Å². The summed E-state index contributed by atoms with van der Waals surface area (Å²) in [5, 5.41) is 4.80. The highest BCUT2D eigenvalue weighted by molar-refractivity contribution is 7.91. The topological polar surface area (TPSA) is 98.6 Å². The van der Waals surface area contributed by atoms with Gasteiger partial charge in [-0.1, -0.05) is 41.9 Å². The number of hydrogen-bond donors (Lipinski definition) is 0. The van der Waals surface area contributed by atoms with Gasteiger partial charge in [0.2, 0.25) is 0 Å². The van der Waals surface area contributed by atoms with Crippen LogP contribution in [0.1, 0.15) is 23.2 Å². The van der Waals surface area contributed by atoms with Crippen molar-refractivity contribution >= 4 is 39.4 Å². The van der Waals surface area contributed by atoms with Crippen molar-refractivity contribution in [2.45, 2.75) is 25.9 Å². The van der Waals surface area contributed by atoms with Gasteiger partial charge in [0.05, 0.1) is 23.7 Å². The molecule has 0 bridgehead atoms. The lowest BCUT2D eigenvalue weighted by molar-refractivity contribution is -0.148. The Balaban J connectivity index is 1.56. The maximum Gasteiger partial charge on any atom is 0.331 e. The second kappa shape index (κ2) is 9.65. The van der Waals surface area contributed by atoms with Crippen molar-refractivity contribution in [1.82, 2.24) is 14.7 Å². The molecule has 1 unspecified atom stereocenters. The van der Waals surface area contributed by atoms with Gasteiger partial charge in [-0.2, -0.15) is 5.10 Å². The molecule has 1 aliphatic heterocycles. The fourth-order valence-corrected chi connectivity index (χ4v) is 5.41. The molecule has 3 rings (SSSR count). The number of rotatable bonds is 7. The summed E-state index contributed by atoms with van der Waals surface area (Å²) < 4.78 is 29.8. The zero-order chi connectivity index (χ0) is 22.6. The van der Waals surface area contributed by atoms with Crippen LogP contribution in [0.5, 0.6) is 0 Å². The highest BCUT2D eigenvalue weighted by Crippen LogP contribution is 2.22. The van der Waals surface area contributed by atoms with Gasteiger partial charge in [0.1, 0.15) is 5.15 Å². The highest BCUT2D eigenvalue weighted by Gasteiger charge is 2.32. The minimum atomic E-state index is -3.10. The van der Waals surface area contributed by atoms with Gasteiger partial charge < -0.3 is 9.64 Å². The largest absolute Gasteiger partial charge is 0.452 e. The minimum absolute atomic E-state index is 0.0617. The van der Waals surface area contributed by atoms with Crippen LogP contribution in [0.4, 0.5) is 0 Å². The fraction of sp³-hybridized carbons (Fsp3) is 0.381. The Morgan fingerprint density at radius 2 is 2.03 bits per heavy atom. The monoisotopic (exact) mass is 465 g/mol. The van der Waals surface area contributed by atoms with Crippen LogP contribution in [-0.4, -0.2) is 66.2 Å². The van der Waals surface area contributed by atoms with Crippen LogP contribution < -0.4 is 0 Å². The molecule has 31 heavy (non-hydrogen) atoms. The van der Waals surface area contributed by atoms with Crippen LogP contribution in [-0.2, 0) is 30.7 Å². The van der Waals surface area contributed by atoms with Crippen LogP contribution in [0.15, 0.2) is 36.4 Å². The number of halogens is 1. The van der Waals surface area contributed by atoms with E-state index in [1.807, 2.05) is 30.3 Å². The number of esters is 1. The van der Waals surface area contributed by atoms with E-state index in [1.165, 1.54) is 24.1 Å². The van der Waals surface area contributed by atoms with Gasteiger partial charge in [-0.05, 0) is 25.0 Å². The molecule has 0 saturated carbocycles. The standard InChI is InChI=1S/C21H24ClN3O5S/c1-15-18(21(22)25(23-15)12-16-6-4-3-5-7-16)8-9-20(27)30-13-19(26)24(2)17-10-11-31(28,29)14-17/h3-9,17H,10-14H2,1-2H3/b9-8+. The maximum absolute atomic E-state index is 12.2. The Morgan fingerprint density at radius 3 is 2.68 bits per heavy atom. The Hall–Kier alpha value is -2.65. The lowest BCUT2D eigenvalue weighted by Crippen LogP contribution is -2.40. The van der Waals surface area contributed by atoms with Crippen LogP contribution in [0.25, 0.3) is 6.08 Å². The van der Waals surface area contributed by atoms with Gasteiger partial charge in [0.15, 0.2) is 16.4 Å². The van der Waals surface area contributed by atoms with Crippen LogP contribution >= 0.6 is 11.6 Å². The van der Waals surface area contributed by atoms with Crippen LogP contribution in [0.3, 0.4) is 0 Å². The molecular formula is C21H24ClN3O5S. The first-order valence-electron chi connectivity index (χ1n) is 9.74. The number of aryl methyl sites for hydroxylation is 1. The van der Waals surface area contributed by atoms with Gasteiger partial charge in [-0.25, -0.2) is 17.9 Å². The number of sulfone groups is 1. The summed E-state index contributed by atoms with van der Waals surface area (Å²) in [7, 11) is -1.59. The normalized spacial score (nSPS) is 17.7. The summed E-state index contributed by atoms with van der Waals surface area (Å²) in [6, 6.07) is 9.34. The zero-order valence-corrected chi connectivity index (χ0v) is 18.9. The molecule has 1 amide bonds. The van der Waals surface area contributed by atoms with E-state index < -0.39 is 28.3 Å². The quantitative estimate of drug-likeness (QED) is 0.458. The number of hydrogen-bond acceptors (Lipinski definition) is 6. The third-order valence-corrected chi connectivity index (χ3v) is 7.31. The summed E-state index contributed by atoms with van der Waals surface area (Å²) in [5.41, 5.74) is 2.29. The zero-order valence-electron chi connectivity index (χ0n) is 17.3. The molecule has 166 valence electrons. The number of carbonyl (C=O) groups excluding carboxylic acids is 2. The summed E-state index contributed by atoms with van der Waals surface area (Å²) in [5.74, 6) is -1.15. The fourth-order valence-electron chi connectivity index (χ4n) is 3.34. The molecule has 2 heterocycles. The van der Waals surface area contributed by atoms with Crippen molar-refractivity contribution in [2.24, 2.45) is 0 Å².